The number of hydrogen-bond acceptors (Lipinski definition) is 6. The van der Waals surface area contributed by atoms with Gasteiger partial charge in [-0.25, -0.2) is 5.43 Å². The maximum absolute atomic E-state index is 11.8. The molecule has 0 unspecified atom stereocenters. The number of anilines is 1. The molecule has 0 aromatic heterocycles. The van der Waals surface area contributed by atoms with Gasteiger partial charge in [-0.15, -0.1) is 0 Å². The number of amides is 1. The van der Waals surface area contributed by atoms with Crippen LogP contribution in [0.2, 0.25) is 5.02 Å². The number of nitro benzene ring substituents is 1. The lowest BCUT2D eigenvalue weighted by molar-refractivity contribution is -0.384. The second-order valence-corrected chi connectivity index (χ2v) is 5.22. The molecule has 0 atom stereocenters. The topological polar surface area (TPSA) is 106 Å². The zero-order valence-corrected chi connectivity index (χ0v) is 14.0. The molecule has 0 radical (unpaired) electrons. The van der Waals surface area contributed by atoms with E-state index in [-0.39, 0.29) is 17.3 Å². The van der Waals surface area contributed by atoms with Crippen LogP contribution in [0.4, 0.5) is 11.4 Å². The van der Waals surface area contributed by atoms with E-state index in [0.29, 0.717) is 17.0 Å². The van der Waals surface area contributed by atoms with E-state index in [1.54, 1.807) is 12.1 Å². The summed E-state index contributed by atoms with van der Waals surface area (Å²) >= 11 is 5.94. The van der Waals surface area contributed by atoms with E-state index < -0.39 is 10.8 Å². The number of benzene rings is 2. The third-order valence-electron chi connectivity index (χ3n) is 3.13. The molecule has 0 bridgehead atoms. The summed E-state index contributed by atoms with van der Waals surface area (Å²) in [5, 5.41) is 17.7. The molecule has 0 aliphatic rings. The molecule has 1 amide bonds. The summed E-state index contributed by atoms with van der Waals surface area (Å²) in [5.74, 6) is 0.214. The molecule has 0 saturated carbocycles. The van der Waals surface area contributed by atoms with E-state index >= 15 is 0 Å². The maximum Gasteiger partial charge on any atom is 0.270 e. The molecule has 130 valence electrons. The summed E-state index contributed by atoms with van der Waals surface area (Å²) < 4.78 is 5.17. The van der Waals surface area contributed by atoms with Gasteiger partial charge in [0, 0.05) is 22.7 Å². The molecular formula is C16H15ClN4O4. The van der Waals surface area contributed by atoms with Gasteiger partial charge in [-0.2, -0.15) is 5.10 Å². The molecule has 2 N–H and O–H groups in total. The van der Waals surface area contributed by atoms with Gasteiger partial charge < -0.3 is 10.1 Å². The van der Waals surface area contributed by atoms with E-state index in [1.807, 2.05) is 12.1 Å². The Balaban J connectivity index is 1.92. The Morgan fingerprint density at radius 3 is 2.84 bits per heavy atom. The van der Waals surface area contributed by atoms with E-state index in [1.165, 1.54) is 31.5 Å². The molecule has 2 aromatic rings. The number of non-ortho nitro benzene ring substituents is 1. The zero-order chi connectivity index (χ0) is 18.2. The summed E-state index contributed by atoms with van der Waals surface area (Å²) in [6.07, 6.45) is 1.25. The number of ether oxygens (including phenoxy) is 1. The Morgan fingerprint density at radius 2 is 2.12 bits per heavy atom. The number of carbonyl (C=O) groups is 1. The second-order valence-electron chi connectivity index (χ2n) is 4.81. The van der Waals surface area contributed by atoms with Crippen molar-refractivity contribution < 1.29 is 14.5 Å². The van der Waals surface area contributed by atoms with Crippen molar-refractivity contribution >= 4 is 35.1 Å². The molecule has 8 nitrogen and oxygen atoms in total. The van der Waals surface area contributed by atoms with Crippen LogP contribution in [0.25, 0.3) is 0 Å². The van der Waals surface area contributed by atoms with Gasteiger partial charge in [0.05, 0.1) is 30.5 Å². The highest BCUT2D eigenvalue weighted by molar-refractivity contribution is 6.33. The van der Waals surface area contributed by atoms with Crippen molar-refractivity contribution in [2.24, 2.45) is 5.10 Å². The highest BCUT2D eigenvalue weighted by Crippen LogP contribution is 2.22. The van der Waals surface area contributed by atoms with Crippen LogP contribution in [0.1, 0.15) is 5.56 Å². The normalized spacial score (nSPS) is 10.5. The smallest absolute Gasteiger partial charge is 0.270 e. The molecule has 9 heteroatoms. The van der Waals surface area contributed by atoms with E-state index in [0.717, 1.165) is 0 Å². The first kappa shape index (κ1) is 18.2. The lowest BCUT2D eigenvalue weighted by atomic mass is 10.2. The minimum atomic E-state index is -0.538. The van der Waals surface area contributed by atoms with Gasteiger partial charge in [-0.3, -0.25) is 14.9 Å². The van der Waals surface area contributed by atoms with Gasteiger partial charge in [0.1, 0.15) is 5.75 Å². The van der Waals surface area contributed by atoms with Gasteiger partial charge in [0.25, 0.3) is 11.6 Å². The fourth-order valence-electron chi connectivity index (χ4n) is 1.92. The predicted octanol–water partition coefficient (Wildman–Crippen LogP) is 2.82. The number of carbonyl (C=O) groups excluding carboxylic acids is 1. The molecule has 0 fully saturated rings. The highest BCUT2D eigenvalue weighted by atomic mass is 35.5. The van der Waals surface area contributed by atoms with Gasteiger partial charge in [-0.1, -0.05) is 23.7 Å². The first-order valence-electron chi connectivity index (χ1n) is 7.14. The Kier molecular flexibility index (Phi) is 6.30. The molecular weight excluding hydrogens is 348 g/mol. The summed E-state index contributed by atoms with van der Waals surface area (Å²) in [4.78, 5) is 22.0. The highest BCUT2D eigenvalue weighted by Gasteiger charge is 2.08. The van der Waals surface area contributed by atoms with Crippen LogP contribution in [-0.4, -0.2) is 30.7 Å². The molecule has 0 aliphatic heterocycles. The number of hydrazone groups is 1. The number of methoxy groups -OCH3 is 1. The Morgan fingerprint density at radius 1 is 1.36 bits per heavy atom. The van der Waals surface area contributed by atoms with Crippen LogP contribution in [0.5, 0.6) is 5.75 Å². The fourth-order valence-corrected chi connectivity index (χ4v) is 2.09. The summed E-state index contributed by atoms with van der Waals surface area (Å²) in [6.45, 7) is -0.0274. The monoisotopic (exact) mass is 362 g/mol. The molecule has 0 saturated heterocycles. The lowest BCUT2D eigenvalue weighted by Crippen LogP contribution is -2.26. The molecule has 25 heavy (non-hydrogen) atoms. The fraction of sp³-hybridized carbons (Fsp3) is 0.125. The standard InChI is InChI=1S/C16H15ClN4O4/c1-25-15-5-3-2-4-14(15)18-10-16(22)20-19-9-11-8-12(21(23)24)6-7-13(11)17/h2-9,18H,10H2,1H3,(H,20,22)/b19-9-. The van der Waals surface area contributed by atoms with Gasteiger partial charge >= 0.3 is 0 Å². The summed E-state index contributed by atoms with van der Waals surface area (Å²) in [7, 11) is 1.54. The lowest BCUT2D eigenvalue weighted by Gasteiger charge is -2.09. The minimum Gasteiger partial charge on any atom is -0.495 e. The average Bonchev–Trinajstić information content (AvgIpc) is 2.61. The number of nitrogens with one attached hydrogen (secondary N) is 2. The van der Waals surface area contributed by atoms with Gasteiger partial charge in [0.2, 0.25) is 0 Å². The molecule has 0 heterocycles. The number of nitrogens with zero attached hydrogens (tertiary/aromatic N) is 2. The van der Waals surface area contributed by atoms with Gasteiger partial charge in [-0.05, 0) is 18.2 Å². The third-order valence-corrected chi connectivity index (χ3v) is 3.47. The van der Waals surface area contributed by atoms with E-state index in [4.69, 9.17) is 16.3 Å². The van der Waals surface area contributed by atoms with Gasteiger partial charge in [0.15, 0.2) is 0 Å². The largest absolute Gasteiger partial charge is 0.495 e. The number of halogens is 1. The van der Waals surface area contributed by atoms with Crippen LogP contribution in [0, 0.1) is 10.1 Å². The van der Waals surface area contributed by atoms with E-state index in [2.05, 4.69) is 15.8 Å². The Labute approximate surface area is 148 Å². The summed E-state index contributed by atoms with van der Waals surface area (Å²) in [5.41, 5.74) is 3.20. The molecule has 0 aliphatic carbocycles. The number of para-hydroxylation sites is 2. The maximum atomic E-state index is 11.8. The molecule has 2 rings (SSSR count). The number of rotatable bonds is 7. The molecule has 0 spiro atoms. The zero-order valence-electron chi connectivity index (χ0n) is 13.2. The van der Waals surface area contributed by atoms with Crippen LogP contribution >= 0.6 is 11.6 Å². The predicted molar refractivity (Wildman–Crippen MR) is 95.3 cm³/mol. The van der Waals surface area contributed by atoms with Crippen molar-refractivity contribution in [2.45, 2.75) is 0 Å². The van der Waals surface area contributed by atoms with Crippen molar-refractivity contribution in [1.29, 1.82) is 0 Å². The number of nitro groups is 1. The second kappa shape index (κ2) is 8.65. The Hall–Kier alpha value is -3.13. The van der Waals surface area contributed by atoms with Crippen LogP contribution < -0.4 is 15.5 Å². The van der Waals surface area contributed by atoms with Crippen LogP contribution in [0.3, 0.4) is 0 Å². The SMILES string of the molecule is COc1ccccc1NCC(=O)N/N=C\c1cc([N+](=O)[O-])ccc1Cl. The van der Waals surface area contributed by atoms with Crippen molar-refractivity contribution in [3.63, 3.8) is 0 Å². The van der Waals surface area contributed by atoms with Crippen molar-refractivity contribution in [3.8, 4) is 5.75 Å². The quantitative estimate of drug-likeness (QED) is 0.447. The van der Waals surface area contributed by atoms with Crippen LogP contribution in [0.15, 0.2) is 47.6 Å². The first-order chi connectivity index (χ1) is 12.0. The van der Waals surface area contributed by atoms with E-state index in [9.17, 15) is 14.9 Å². The first-order valence-corrected chi connectivity index (χ1v) is 7.52. The van der Waals surface area contributed by atoms with Crippen LogP contribution in [-0.2, 0) is 4.79 Å². The molecule has 2 aromatic carbocycles. The minimum absolute atomic E-state index is 0.0274. The third kappa shape index (κ3) is 5.18. The Bertz CT molecular complexity index is 810. The average molecular weight is 363 g/mol. The van der Waals surface area contributed by atoms with Crippen molar-refractivity contribution in [1.82, 2.24) is 5.43 Å². The number of hydrogen-bond donors (Lipinski definition) is 2. The van der Waals surface area contributed by atoms with Crippen molar-refractivity contribution in [3.05, 3.63) is 63.2 Å². The van der Waals surface area contributed by atoms with Crippen molar-refractivity contribution in [2.75, 3.05) is 19.0 Å². The summed E-state index contributed by atoms with van der Waals surface area (Å²) in [6, 6.07) is 11.1.